The van der Waals surface area contributed by atoms with Gasteiger partial charge in [-0.05, 0) is 69.3 Å². The van der Waals surface area contributed by atoms with Crippen molar-refractivity contribution in [1.29, 1.82) is 0 Å². The Morgan fingerprint density at radius 1 is 0.946 bits per heavy atom. The number of hydrogen-bond acceptors (Lipinski definition) is 4. The summed E-state index contributed by atoms with van der Waals surface area (Å²) in [6.45, 7) is 5.34. The van der Waals surface area contributed by atoms with Gasteiger partial charge in [-0.3, -0.25) is 14.2 Å². The van der Waals surface area contributed by atoms with Crippen LogP contribution < -0.4 is 5.56 Å². The lowest BCUT2D eigenvalue weighted by molar-refractivity contribution is -0.134. The molecular formula is C31H36N4O2. The van der Waals surface area contributed by atoms with Crippen molar-refractivity contribution >= 4 is 16.8 Å². The summed E-state index contributed by atoms with van der Waals surface area (Å²) in [4.78, 5) is 36.6. The van der Waals surface area contributed by atoms with Crippen LogP contribution in [0.3, 0.4) is 0 Å². The molecule has 0 bridgehead atoms. The number of hydrogen-bond donors (Lipinski definition) is 0. The van der Waals surface area contributed by atoms with Crippen molar-refractivity contribution in [2.75, 3.05) is 27.2 Å². The van der Waals surface area contributed by atoms with Crippen molar-refractivity contribution in [3.63, 3.8) is 0 Å². The maximum Gasteiger partial charge on any atom is 0.266 e. The normalized spacial score (nSPS) is 12.1. The van der Waals surface area contributed by atoms with Gasteiger partial charge in [0.25, 0.3) is 5.56 Å². The van der Waals surface area contributed by atoms with Crippen LogP contribution in [-0.4, -0.2) is 52.4 Å². The van der Waals surface area contributed by atoms with Gasteiger partial charge in [0, 0.05) is 19.5 Å². The van der Waals surface area contributed by atoms with Crippen molar-refractivity contribution in [3.8, 4) is 5.69 Å². The first-order chi connectivity index (χ1) is 17.9. The molecule has 4 rings (SSSR count). The number of carbonyl (C=O) groups excluding carboxylic acids is 1. The molecule has 6 heteroatoms. The smallest absolute Gasteiger partial charge is 0.266 e. The number of benzene rings is 3. The zero-order valence-corrected chi connectivity index (χ0v) is 22.2. The van der Waals surface area contributed by atoms with Crippen LogP contribution in [0.2, 0.25) is 0 Å². The van der Waals surface area contributed by atoms with Crippen molar-refractivity contribution in [3.05, 3.63) is 106 Å². The highest BCUT2D eigenvalue weighted by Gasteiger charge is 2.29. The highest BCUT2D eigenvalue weighted by atomic mass is 16.2. The predicted octanol–water partition coefficient (Wildman–Crippen LogP) is 5.17. The molecule has 1 unspecified atom stereocenters. The molecule has 0 aliphatic rings. The topological polar surface area (TPSA) is 58.4 Å². The minimum Gasteiger partial charge on any atom is -0.331 e. The third-order valence-electron chi connectivity index (χ3n) is 6.70. The molecule has 0 N–H and O–H groups in total. The van der Waals surface area contributed by atoms with Crippen LogP contribution in [0, 0.1) is 6.92 Å². The summed E-state index contributed by atoms with van der Waals surface area (Å²) >= 11 is 0. The van der Waals surface area contributed by atoms with E-state index < -0.39 is 0 Å². The average molecular weight is 497 g/mol. The van der Waals surface area contributed by atoms with Gasteiger partial charge < -0.3 is 9.80 Å². The first kappa shape index (κ1) is 26.3. The van der Waals surface area contributed by atoms with Crippen molar-refractivity contribution < 1.29 is 4.79 Å². The summed E-state index contributed by atoms with van der Waals surface area (Å²) in [6, 6.07) is 25.1. The van der Waals surface area contributed by atoms with E-state index in [1.165, 1.54) is 0 Å². The van der Waals surface area contributed by atoms with Gasteiger partial charge in [0.1, 0.15) is 5.82 Å². The van der Waals surface area contributed by atoms with Crippen LogP contribution >= 0.6 is 0 Å². The van der Waals surface area contributed by atoms with Crippen LogP contribution in [0.25, 0.3) is 16.6 Å². The molecule has 0 radical (unpaired) electrons. The van der Waals surface area contributed by atoms with Crippen LogP contribution in [0.5, 0.6) is 0 Å². The van der Waals surface area contributed by atoms with Gasteiger partial charge >= 0.3 is 0 Å². The second kappa shape index (κ2) is 12.0. The third-order valence-corrected chi connectivity index (χ3v) is 6.70. The Hall–Kier alpha value is -3.77. The van der Waals surface area contributed by atoms with E-state index in [0.29, 0.717) is 42.5 Å². The van der Waals surface area contributed by atoms with Crippen LogP contribution in [0.4, 0.5) is 0 Å². The second-order valence-electron chi connectivity index (χ2n) is 9.77. The molecule has 1 atom stereocenters. The molecule has 1 amide bonds. The number of aryl methyl sites for hydroxylation is 2. The Labute approximate surface area is 219 Å². The summed E-state index contributed by atoms with van der Waals surface area (Å²) in [5.74, 6) is 0.666. The lowest BCUT2D eigenvalue weighted by Crippen LogP contribution is -2.42. The Morgan fingerprint density at radius 2 is 1.68 bits per heavy atom. The van der Waals surface area contributed by atoms with Gasteiger partial charge in [-0.25, -0.2) is 4.98 Å². The molecule has 4 aromatic rings. The second-order valence-corrected chi connectivity index (χ2v) is 9.77. The highest BCUT2D eigenvalue weighted by Crippen LogP contribution is 2.27. The standard InChI is InChI=1S/C31H36N4O2/c1-5-28(34(21-20-33(3)4)29(36)19-18-24-13-7-6-8-14-24)30-32-27-17-10-9-16-26(27)31(37)35(30)25-15-11-12-23(2)22-25/h6-17,22,28H,5,18-21H2,1-4H3. The maximum absolute atomic E-state index is 13.9. The number of carbonyl (C=O) groups is 1. The number of likely N-dealkylation sites (N-methyl/N-ethyl adjacent to an activating group) is 1. The molecule has 0 aliphatic carbocycles. The van der Waals surface area contributed by atoms with Gasteiger partial charge in [0.15, 0.2) is 0 Å². The Bertz CT molecular complexity index is 1410. The molecule has 0 saturated carbocycles. The highest BCUT2D eigenvalue weighted by molar-refractivity contribution is 5.79. The monoisotopic (exact) mass is 496 g/mol. The van der Waals surface area contributed by atoms with Crippen LogP contribution in [0.15, 0.2) is 83.7 Å². The van der Waals surface area contributed by atoms with E-state index in [9.17, 15) is 9.59 Å². The molecule has 0 saturated heterocycles. The molecule has 0 spiro atoms. The zero-order chi connectivity index (χ0) is 26.4. The Morgan fingerprint density at radius 3 is 2.38 bits per heavy atom. The number of fused-ring (bicyclic) bond motifs is 1. The molecule has 1 aromatic heterocycles. The molecule has 37 heavy (non-hydrogen) atoms. The molecule has 0 fully saturated rings. The Balaban J connectivity index is 1.82. The zero-order valence-electron chi connectivity index (χ0n) is 22.2. The van der Waals surface area contributed by atoms with E-state index in [2.05, 4.69) is 24.0 Å². The van der Waals surface area contributed by atoms with Crippen molar-refractivity contribution in [1.82, 2.24) is 19.4 Å². The lowest BCUT2D eigenvalue weighted by atomic mass is 10.1. The number of para-hydroxylation sites is 1. The van der Waals surface area contributed by atoms with Gasteiger partial charge in [-0.2, -0.15) is 0 Å². The molecule has 3 aromatic carbocycles. The van der Waals surface area contributed by atoms with E-state index in [-0.39, 0.29) is 17.5 Å². The fraction of sp³-hybridized carbons (Fsp3) is 0.323. The van der Waals surface area contributed by atoms with E-state index in [0.717, 1.165) is 23.4 Å². The fourth-order valence-electron chi connectivity index (χ4n) is 4.73. The predicted molar refractivity (Wildman–Crippen MR) is 150 cm³/mol. The number of amides is 1. The molecular weight excluding hydrogens is 460 g/mol. The maximum atomic E-state index is 13.9. The summed E-state index contributed by atoms with van der Waals surface area (Å²) in [5.41, 5.74) is 3.49. The quantitative estimate of drug-likeness (QED) is 0.304. The average Bonchev–Trinajstić information content (AvgIpc) is 2.90. The summed E-state index contributed by atoms with van der Waals surface area (Å²) in [6.07, 6.45) is 1.71. The van der Waals surface area contributed by atoms with Crippen molar-refractivity contribution in [2.45, 2.75) is 39.2 Å². The van der Waals surface area contributed by atoms with Crippen LogP contribution in [0.1, 0.15) is 42.8 Å². The van der Waals surface area contributed by atoms with Gasteiger partial charge in [-0.15, -0.1) is 0 Å². The van der Waals surface area contributed by atoms with E-state index >= 15 is 0 Å². The van der Waals surface area contributed by atoms with E-state index in [4.69, 9.17) is 4.98 Å². The Kier molecular flexibility index (Phi) is 8.51. The minimum absolute atomic E-state index is 0.0655. The summed E-state index contributed by atoms with van der Waals surface area (Å²) < 4.78 is 1.70. The molecule has 1 heterocycles. The van der Waals surface area contributed by atoms with Gasteiger partial charge in [-0.1, -0.05) is 61.5 Å². The van der Waals surface area contributed by atoms with Crippen molar-refractivity contribution in [2.24, 2.45) is 0 Å². The van der Waals surface area contributed by atoms with Gasteiger partial charge in [0.2, 0.25) is 5.91 Å². The summed E-state index contributed by atoms with van der Waals surface area (Å²) in [5, 5.41) is 0.567. The SMILES string of the molecule is CCC(c1nc2ccccc2c(=O)n1-c1cccc(C)c1)N(CCN(C)C)C(=O)CCc1ccccc1. The summed E-state index contributed by atoms with van der Waals surface area (Å²) in [7, 11) is 4.01. The van der Waals surface area contributed by atoms with Crippen LogP contribution in [-0.2, 0) is 11.2 Å². The third kappa shape index (κ3) is 6.15. The first-order valence-corrected chi connectivity index (χ1v) is 13.0. The number of aromatic nitrogens is 2. The fourth-order valence-corrected chi connectivity index (χ4v) is 4.73. The first-order valence-electron chi connectivity index (χ1n) is 13.0. The van der Waals surface area contributed by atoms with E-state index in [1.54, 1.807) is 4.57 Å². The lowest BCUT2D eigenvalue weighted by Gasteiger charge is -2.33. The molecule has 192 valence electrons. The van der Waals surface area contributed by atoms with Gasteiger partial charge in [0.05, 0.1) is 22.6 Å². The molecule has 6 nitrogen and oxygen atoms in total. The molecule has 0 aliphatic heterocycles. The minimum atomic E-state index is -0.346. The number of nitrogens with zero attached hydrogens (tertiary/aromatic N) is 4. The number of rotatable bonds is 10. The largest absolute Gasteiger partial charge is 0.331 e. The van der Waals surface area contributed by atoms with E-state index in [1.807, 2.05) is 92.6 Å².